The van der Waals surface area contributed by atoms with Crippen LogP contribution in [0.5, 0.6) is 0 Å². The Balaban J connectivity index is 1.96. The maximum atomic E-state index is 11.3. The number of alkyl halides is 1. The third-order valence-electron chi connectivity index (χ3n) is 2.84. The highest BCUT2D eigenvalue weighted by Crippen LogP contribution is 2.35. The summed E-state index contributed by atoms with van der Waals surface area (Å²) >= 11 is 3.36. The van der Waals surface area contributed by atoms with Crippen LogP contribution in [0.1, 0.15) is 39.0 Å². The Bertz CT molecular complexity index is 180. The van der Waals surface area contributed by atoms with Crippen molar-refractivity contribution in [2.75, 3.05) is 11.9 Å². The highest BCUT2D eigenvalue weighted by Gasteiger charge is 2.27. The van der Waals surface area contributed by atoms with Crippen molar-refractivity contribution in [2.45, 2.75) is 39.0 Å². The van der Waals surface area contributed by atoms with Crippen LogP contribution in [0.3, 0.4) is 0 Å². The molecule has 1 aliphatic rings. The number of amides is 1. The van der Waals surface area contributed by atoms with Crippen molar-refractivity contribution >= 4 is 21.8 Å². The number of nitrogens with one attached hydrogen (secondary N) is 1. The van der Waals surface area contributed by atoms with Crippen molar-refractivity contribution in [1.82, 2.24) is 5.32 Å². The Kier molecular flexibility index (Phi) is 5.53. The molecule has 0 saturated heterocycles. The van der Waals surface area contributed by atoms with E-state index in [2.05, 4.69) is 28.2 Å². The summed E-state index contributed by atoms with van der Waals surface area (Å²) in [4.78, 5) is 11.3. The third-order valence-corrected chi connectivity index (χ3v) is 3.40. The van der Waals surface area contributed by atoms with Gasteiger partial charge in [0, 0.05) is 18.3 Å². The molecule has 0 aromatic heterocycles. The van der Waals surface area contributed by atoms with Crippen LogP contribution in [0.4, 0.5) is 0 Å². The van der Waals surface area contributed by atoms with Crippen molar-refractivity contribution in [1.29, 1.82) is 0 Å². The van der Waals surface area contributed by atoms with Gasteiger partial charge in [0.1, 0.15) is 0 Å². The average molecular weight is 262 g/mol. The molecule has 2 nitrogen and oxygen atoms in total. The zero-order valence-corrected chi connectivity index (χ0v) is 10.5. The van der Waals surface area contributed by atoms with Gasteiger partial charge in [0.25, 0.3) is 0 Å². The number of unbranched alkanes of at least 4 members (excludes halogenated alkanes) is 1. The maximum Gasteiger partial charge on any atom is 0.220 e. The van der Waals surface area contributed by atoms with E-state index in [-0.39, 0.29) is 5.91 Å². The smallest absolute Gasteiger partial charge is 0.220 e. The second-order valence-corrected chi connectivity index (χ2v) is 5.06. The molecule has 3 heteroatoms. The SMILES string of the molecule is CC(CNC(=O)CCCCBr)C1CC1. The predicted octanol–water partition coefficient (Wildman–Crippen LogP) is 2.71. The highest BCUT2D eigenvalue weighted by molar-refractivity contribution is 9.09. The molecule has 1 N–H and O–H groups in total. The lowest BCUT2D eigenvalue weighted by atomic mass is 10.1. The van der Waals surface area contributed by atoms with E-state index >= 15 is 0 Å². The maximum absolute atomic E-state index is 11.3. The van der Waals surface area contributed by atoms with Crippen LogP contribution in [0.2, 0.25) is 0 Å². The first-order valence-electron chi connectivity index (χ1n) is 5.56. The third kappa shape index (κ3) is 4.99. The topological polar surface area (TPSA) is 29.1 Å². The molecule has 1 saturated carbocycles. The lowest BCUT2D eigenvalue weighted by Gasteiger charge is -2.10. The highest BCUT2D eigenvalue weighted by atomic mass is 79.9. The lowest BCUT2D eigenvalue weighted by Crippen LogP contribution is -2.28. The van der Waals surface area contributed by atoms with Crippen LogP contribution in [-0.2, 0) is 4.79 Å². The van der Waals surface area contributed by atoms with Crippen molar-refractivity contribution < 1.29 is 4.79 Å². The number of rotatable bonds is 7. The molecule has 1 rings (SSSR count). The summed E-state index contributed by atoms with van der Waals surface area (Å²) in [5.41, 5.74) is 0. The van der Waals surface area contributed by atoms with E-state index in [1.54, 1.807) is 0 Å². The molecule has 0 aromatic rings. The molecule has 1 unspecified atom stereocenters. The van der Waals surface area contributed by atoms with Crippen LogP contribution in [-0.4, -0.2) is 17.8 Å². The summed E-state index contributed by atoms with van der Waals surface area (Å²) in [6, 6.07) is 0. The van der Waals surface area contributed by atoms with Gasteiger partial charge in [-0.1, -0.05) is 22.9 Å². The standard InChI is InChI=1S/C11H20BrNO/c1-9(10-5-6-10)8-13-11(14)4-2-3-7-12/h9-10H,2-8H2,1H3,(H,13,14). The van der Waals surface area contributed by atoms with Crippen LogP contribution in [0, 0.1) is 11.8 Å². The van der Waals surface area contributed by atoms with Crippen LogP contribution >= 0.6 is 15.9 Å². The van der Waals surface area contributed by atoms with Crippen molar-refractivity contribution in [3.8, 4) is 0 Å². The van der Waals surface area contributed by atoms with E-state index in [1.807, 2.05) is 0 Å². The number of carbonyl (C=O) groups is 1. The summed E-state index contributed by atoms with van der Waals surface area (Å²) < 4.78 is 0. The van der Waals surface area contributed by atoms with Gasteiger partial charge < -0.3 is 5.32 Å². The average Bonchev–Trinajstić information content (AvgIpc) is 2.98. The number of halogens is 1. The fourth-order valence-electron chi connectivity index (χ4n) is 1.58. The quantitative estimate of drug-likeness (QED) is 0.554. The molecule has 82 valence electrons. The summed E-state index contributed by atoms with van der Waals surface area (Å²) in [7, 11) is 0. The first-order valence-corrected chi connectivity index (χ1v) is 6.69. The molecular weight excluding hydrogens is 242 g/mol. The van der Waals surface area contributed by atoms with E-state index in [1.165, 1.54) is 12.8 Å². The monoisotopic (exact) mass is 261 g/mol. The lowest BCUT2D eigenvalue weighted by molar-refractivity contribution is -0.121. The Morgan fingerprint density at radius 3 is 2.79 bits per heavy atom. The van der Waals surface area contributed by atoms with Crippen molar-refractivity contribution in [2.24, 2.45) is 11.8 Å². The van der Waals surface area contributed by atoms with E-state index < -0.39 is 0 Å². The van der Waals surface area contributed by atoms with E-state index in [0.717, 1.165) is 30.6 Å². The fraction of sp³-hybridized carbons (Fsp3) is 0.909. The molecule has 1 amide bonds. The molecule has 0 aromatic carbocycles. The predicted molar refractivity (Wildman–Crippen MR) is 62.5 cm³/mol. The summed E-state index contributed by atoms with van der Waals surface area (Å²) in [6.45, 7) is 3.11. The minimum absolute atomic E-state index is 0.221. The van der Waals surface area contributed by atoms with Crippen LogP contribution in [0.15, 0.2) is 0 Å². The summed E-state index contributed by atoms with van der Waals surface area (Å²) in [5.74, 6) is 1.78. The van der Waals surface area contributed by atoms with Gasteiger partial charge in [-0.25, -0.2) is 0 Å². The van der Waals surface area contributed by atoms with E-state index in [0.29, 0.717) is 12.3 Å². The van der Waals surface area contributed by atoms with Gasteiger partial charge in [0.05, 0.1) is 0 Å². The molecule has 1 aliphatic carbocycles. The summed E-state index contributed by atoms with van der Waals surface area (Å²) in [6.07, 6.45) is 5.49. The van der Waals surface area contributed by atoms with Crippen molar-refractivity contribution in [3.05, 3.63) is 0 Å². The molecule has 0 radical (unpaired) electrons. The van der Waals surface area contributed by atoms with E-state index in [4.69, 9.17) is 0 Å². The minimum atomic E-state index is 0.221. The number of hydrogen-bond acceptors (Lipinski definition) is 1. The fourth-order valence-corrected chi connectivity index (χ4v) is 1.97. The van der Waals surface area contributed by atoms with E-state index in [9.17, 15) is 4.79 Å². The molecular formula is C11H20BrNO. The van der Waals surface area contributed by atoms with Gasteiger partial charge in [-0.2, -0.15) is 0 Å². The Labute approximate surface area is 95.0 Å². The molecule has 0 aliphatic heterocycles. The molecule has 1 fully saturated rings. The van der Waals surface area contributed by atoms with Crippen LogP contribution in [0.25, 0.3) is 0 Å². The zero-order valence-electron chi connectivity index (χ0n) is 8.89. The first kappa shape index (κ1) is 12.0. The van der Waals surface area contributed by atoms with Gasteiger partial charge in [-0.15, -0.1) is 0 Å². The van der Waals surface area contributed by atoms with Gasteiger partial charge in [0.15, 0.2) is 0 Å². The zero-order chi connectivity index (χ0) is 10.4. The number of carbonyl (C=O) groups excluding carboxylic acids is 1. The van der Waals surface area contributed by atoms with Gasteiger partial charge in [-0.05, 0) is 37.5 Å². The molecule has 0 spiro atoms. The summed E-state index contributed by atoms with van der Waals surface area (Å²) in [5, 5.41) is 4.01. The van der Waals surface area contributed by atoms with Crippen molar-refractivity contribution in [3.63, 3.8) is 0 Å². The second kappa shape index (κ2) is 6.44. The Morgan fingerprint density at radius 2 is 2.21 bits per heavy atom. The Hall–Kier alpha value is -0.0500. The first-order chi connectivity index (χ1) is 6.74. The van der Waals surface area contributed by atoms with Crippen LogP contribution < -0.4 is 5.32 Å². The van der Waals surface area contributed by atoms with Gasteiger partial charge >= 0.3 is 0 Å². The second-order valence-electron chi connectivity index (χ2n) is 4.26. The molecule has 14 heavy (non-hydrogen) atoms. The largest absolute Gasteiger partial charge is 0.356 e. The molecule has 1 atom stereocenters. The number of hydrogen-bond donors (Lipinski definition) is 1. The normalized spacial score (nSPS) is 17.9. The minimum Gasteiger partial charge on any atom is -0.356 e. The van der Waals surface area contributed by atoms with Gasteiger partial charge in [0.2, 0.25) is 5.91 Å². The molecule has 0 heterocycles. The molecule has 0 bridgehead atoms. The Morgan fingerprint density at radius 1 is 1.50 bits per heavy atom. The van der Waals surface area contributed by atoms with Gasteiger partial charge in [-0.3, -0.25) is 4.79 Å².